The van der Waals surface area contributed by atoms with Crippen molar-refractivity contribution in [1.82, 2.24) is 14.8 Å². The second kappa shape index (κ2) is 5.21. The zero-order chi connectivity index (χ0) is 10.6. The summed E-state index contributed by atoms with van der Waals surface area (Å²) in [5, 5.41) is 7.07. The van der Waals surface area contributed by atoms with E-state index in [1.807, 2.05) is 13.8 Å². The van der Waals surface area contributed by atoms with Gasteiger partial charge in [-0.15, -0.1) is 5.10 Å². The Hall–Kier alpha value is -0.750. The Bertz CT molecular complexity index is 332. The molecule has 1 unspecified atom stereocenters. The number of aromatic amines is 1. The summed E-state index contributed by atoms with van der Waals surface area (Å²) in [5.41, 5.74) is 5.62. The summed E-state index contributed by atoms with van der Waals surface area (Å²) in [5.74, 6) is 0.792. The molecule has 0 bridgehead atoms. The lowest BCUT2D eigenvalue weighted by Gasteiger charge is -2.07. The molecule has 1 heterocycles. The maximum absolute atomic E-state index is 11.2. The van der Waals surface area contributed by atoms with Gasteiger partial charge in [0.1, 0.15) is 0 Å². The molecule has 14 heavy (non-hydrogen) atoms. The van der Waals surface area contributed by atoms with E-state index in [4.69, 9.17) is 5.73 Å². The summed E-state index contributed by atoms with van der Waals surface area (Å²) in [7, 11) is 0. The zero-order valence-corrected chi connectivity index (χ0v) is 9.30. The topological polar surface area (TPSA) is 76.7 Å². The van der Waals surface area contributed by atoms with Crippen LogP contribution in [0.25, 0.3) is 0 Å². The maximum Gasteiger partial charge on any atom is 0.343 e. The van der Waals surface area contributed by atoms with Gasteiger partial charge in [-0.1, -0.05) is 18.7 Å². The minimum absolute atomic E-state index is 0.153. The van der Waals surface area contributed by atoms with Crippen LogP contribution in [-0.4, -0.2) is 26.6 Å². The SMILES string of the molecule is CCC(N)CSc1n[nH]c(=O)n1CC. The number of nitrogens with zero attached hydrogens (tertiary/aromatic N) is 2. The second-order valence-corrected chi connectivity index (χ2v) is 4.02. The van der Waals surface area contributed by atoms with Gasteiger partial charge < -0.3 is 5.73 Å². The summed E-state index contributed by atoms with van der Waals surface area (Å²) >= 11 is 1.52. The molecular formula is C8H16N4OS. The highest BCUT2D eigenvalue weighted by Gasteiger charge is 2.08. The maximum atomic E-state index is 11.2. The van der Waals surface area contributed by atoms with Gasteiger partial charge in [0.2, 0.25) is 0 Å². The number of nitrogens with two attached hydrogens (primary N) is 1. The van der Waals surface area contributed by atoms with Crippen LogP contribution in [-0.2, 0) is 6.54 Å². The monoisotopic (exact) mass is 216 g/mol. The quantitative estimate of drug-likeness (QED) is 0.699. The molecule has 6 heteroatoms. The van der Waals surface area contributed by atoms with Crippen molar-refractivity contribution in [3.05, 3.63) is 10.5 Å². The van der Waals surface area contributed by atoms with Crippen LogP contribution in [0, 0.1) is 0 Å². The van der Waals surface area contributed by atoms with Crippen molar-refractivity contribution in [2.45, 2.75) is 38.0 Å². The number of aromatic nitrogens is 3. The summed E-state index contributed by atoms with van der Waals surface area (Å²) in [6, 6.07) is 0.164. The van der Waals surface area contributed by atoms with Gasteiger partial charge in [-0.05, 0) is 13.3 Å². The second-order valence-electron chi connectivity index (χ2n) is 3.03. The van der Waals surface area contributed by atoms with Gasteiger partial charge in [0.25, 0.3) is 0 Å². The normalized spacial score (nSPS) is 13.1. The third-order valence-corrected chi connectivity index (χ3v) is 3.16. The van der Waals surface area contributed by atoms with E-state index >= 15 is 0 Å². The largest absolute Gasteiger partial charge is 0.343 e. The number of hydrogen-bond acceptors (Lipinski definition) is 4. The lowest BCUT2D eigenvalue weighted by molar-refractivity contribution is 0.657. The molecule has 5 nitrogen and oxygen atoms in total. The molecule has 0 aliphatic rings. The Morgan fingerprint density at radius 3 is 2.93 bits per heavy atom. The molecule has 0 aliphatic heterocycles. The standard InChI is InChI=1S/C8H16N4OS/c1-3-6(9)5-14-8-11-10-7(13)12(8)4-2/h6H,3-5,9H2,1-2H3,(H,10,13). The fraction of sp³-hybridized carbons (Fsp3) is 0.750. The minimum atomic E-state index is -0.153. The van der Waals surface area contributed by atoms with Gasteiger partial charge >= 0.3 is 5.69 Å². The molecular weight excluding hydrogens is 200 g/mol. The molecule has 0 radical (unpaired) electrons. The fourth-order valence-electron chi connectivity index (χ4n) is 0.992. The lowest BCUT2D eigenvalue weighted by atomic mass is 10.3. The molecule has 0 aliphatic carbocycles. The molecule has 0 saturated heterocycles. The van der Waals surface area contributed by atoms with E-state index in [1.54, 1.807) is 4.57 Å². The first kappa shape index (κ1) is 11.3. The summed E-state index contributed by atoms with van der Waals surface area (Å²) in [6.45, 7) is 4.60. The number of thioether (sulfide) groups is 1. The van der Waals surface area contributed by atoms with Gasteiger partial charge in [0.15, 0.2) is 5.16 Å². The zero-order valence-electron chi connectivity index (χ0n) is 8.49. The Kier molecular flexibility index (Phi) is 4.21. The number of nitrogens with one attached hydrogen (secondary N) is 1. The van der Waals surface area contributed by atoms with Crippen LogP contribution < -0.4 is 11.4 Å². The molecule has 3 N–H and O–H groups in total. The van der Waals surface area contributed by atoms with Gasteiger partial charge in [-0.2, -0.15) is 0 Å². The first-order chi connectivity index (χ1) is 6.69. The third kappa shape index (κ3) is 2.62. The highest BCUT2D eigenvalue weighted by atomic mass is 32.2. The summed E-state index contributed by atoms with van der Waals surface area (Å²) in [6.07, 6.45) is 0.938. The van der Waals surface area contributed by atoms with Crippen molar-refractivity contribution in [2.75, 3.05) is 5.75 Å². The Balaban J connectivity index is 2.62. The summed E-state index contributed by atoms with van der Waals surface area (Å²) < 4.78 is 1.60. The van der Waals surface area contributed by atoms with Crippen molar-refractivity contribution in [3.8, 4) is 0 Å². The van der Waals surface area contributed by atoms with Crippen LogP contribution in [0.3, 0.4) is 0 Å². The van der Waals surface area contributed by atoms with Crippen LogP contribution in [0.5, 0.6) is 0 Å². The predicted octanol–water partition coefficient (Wildman–Crippen LogP) is 0.421. The molecule has 1 aromatic heterocycles. The third-order valence-electron chi connectivity index (χ3n) is 1.99. The molecule has 1 rings (SSSR count). The van der Waals surface area contributed by atoms with Crippen LogP contribution in [0.1, 0.15) is 20.3 Å². The molecule has 0 saturated carbocycles. The van der Waals surface area contributed by atoms with Crippen LogP contribution in [0.15, 0.2) is 9.95 Å². The molecule has 80 valence electrons. The predicted molar refractivity (Wildman–Crippen MR) is 57.5 cm³/mol. The number of rotatable bonds is 5. The van der Waals surface area contributed by atoms with Crippen molar-refractivity contribution < 1.29 is 0 Å². The molecule has 0 aromatic carbocycles. The molecule has 0 spiro atoms. The van der Waals surface area contributed by atoms with E-state index < -0.39 is 0 Å². The highest BCUT2D eigenvalue weighted by molar-refractivity contribution is 7.99. The smallest absolute Gasteiger partial charge is 0.327 e. The van der Waals surface area contributed by atoms with Crippen molar-refractivity contribution in [3.63, 3.8) is 0 Å². The molecule has 0 amide bonds. The summed E-state index contributed by atoms with van der Waals surface area (Å²) in [4.78, 5) is 11.2. The average molecular weight is 216 g/mol. The van der Waals surface area contributed by atoms with Crippen LogP contribution in [0.2, 0.25) is 0 Å². The van der Waals surface area contributed by atoms with E-state index in [2.05, 4.69) is 10.2 Å². The van der Waals surface area contributed by atoms with E-state index in [-0.39, 0.29) is 11.7 Å². The Labute approximate surface area is 87.1 Å². The first-order valence-electron chi connectivity index (χ1n) is 4.72. The van der Waals surface area contributed by atoms with Gasteiger partial charge in [0.05, 0.1) is 0 Å². The van der Waals surface area contributed by atoms with Crippen LogP contribution >= 0.6 is 11.8 Å². The fourth-order valence-corrected chi connectivity index (χ4v) is 2.07. The van der Waals surface area contributed by atoms with E-state index in [1.165, 1.54) is 11.8 Å². The van der Waals surface area contributed by atoms with Crippen molar-refractivity contribution in [2.24, 2.45) is 5.73 Å². The highest BCUT2D eigenvalue weighted by Crippen LogP contribution is 2.14. The van der Waals surface area contributed by atoms with Gasteiger partial charge in [-0.3, -0.25) is 4.57 Å². The van der Waals surface area contributed by atoms with E-state index in [9.17, 15) is 4.79 Å². The van der Waals surface area contributed by atoms with Crippen molar-refractivity contribution >= 4 is 11.8 Å². The average Bonchev–Trinajstić information content (AvgIpc) is 2.55. The van der Waals surface area contributed by atoms with E-state index in [0.29, 0.717) is 6.54 Å². The van der Waals surface area contributed by atoms with Gasteiger partial charge in [0, 0.05) is 18.3 Å². The molecule has 0 fully saturated rings. The Morgan fingerprint density at radius 1 is 1.64 bits per heavy atom. The minimum Gasteiger partial charge on any atom is -0.327 e. The first-order valence-corrected chi connectivity index (χ1v) is 5.71. The van der Waals surface area contributed by atoms with Crippen molar-refractivity contribution in [1.29, 1.82) is 0 Å². The van der Waals surface area contributed by atoms with Crippen LogP contribution in [0.4, 0.5) is 0 Å². The number of H-pyrrole nitrogens is 1. The molecule has 1 aromatic rings. The number of hydrogen-bond donors (Lipinski definition) is 2. The lowest BCUT2D eigenvalue weighted by Crippen LogP contribution is -2.22. The van der Waals surface area contributed by atoms with E-state index in [0.717, 1.165) is 17.3 Å². The van der Waals surface area contributed by atoms with Gasteiger partial charge in [-0.25, -0.2) is 9.89 Å². The Morgan fingerprint density at radius 2 is 2.36 bits per heavy atom. The molecule has 1 atom stereocenters.